The Kier molecular flexibility index (Phi) is 6.73. The van der Waals surface area contributed by atoms with Gasteiger partial charge < -0.3 is 15.7 Å². The van der Waals surface area contributed by atoms with E-state index in [1.807, 2.05) is 18.7 Å². The van der Waals surface area contributed by atoms with Gasteiger partial charge in [0.25, 0.3) is 0 Å². The maximum Gasteiger partial charge on any atom is 0.315 e. The van der Waals surface area contributed by atoms with Gasteiger partial charge in [0.15, 0.2) is 0 Å². The van der Waals surface area contributed by atoms with Gasteiger partial charge in [0.05, 0.1) is 12.6 Å². The zero-order valence-electron chi connectivity index (χ0n) is 10.7. The van der Waals surface area contributed by atoms with Crippen molar-refractivity contribution in [2.24, 2.45) is 0 Å². The minimum atomic E-state index is -0.141. The average molecular weight is 260 g/mol. The predicted molar refractivity (Wildman–Crippen MR) is 72.4 cm³/mol. The van der Waals surface area contributed by atoms with Crippen molar-refractivity contribution in [2.45, 2.75) is 56.9 Å². The van der Waals surface area contributed by atoms with E-state index in [9.17, 15) is 4.79 Å². The average Bonchev–Trinajstić information content (AvgIpc) is 2.74. The first-order chi connectivity index (χ1) is 8.19. The Labute approximate surface area is 108 Å². The van der Waals surface area contributed by atoms with Crippen molar-refractivity contribution in [1.29, 1.82) is 0 Å². The maximum atomic E-state index is 11.7. The number of nitrogens with one attached hydrogen (secondary N) is 2. The Hall–Kier alpha value is -0.420. The van der Waals surface area contributed by atoms with Crippen LogP contribution in [-0.4, -0.2) is 40.8 Å². The van der Waals surface area contributed by atoms with Gasteiger partial charge in [0.2, 0.25) is 0 Å². The van der Waals surface area contributed by atoms with Gasteiger partial charge in [-0.1, -0.05) is 13.8 Å². The van der Waals surface area contributed by atoms with Gasteiger partial charge in [-0.15, -0.1) is 0 Å². The van der Waals surface area contributed by atoms with Crippen LogP contribution >= 0.6 is 11.8 Å². The minimum Gasteiger partial charge on any atom is -0.394 e. The van der Waals surface area contributed by atoms with E-state index in [0.717, 1.165) is 25.0 Å². The third kappa shape index (κ3) is 5.17. The number of hydrogen-bond acceptors (Lipinski definition) is 3. The second-order valence-electron chi connectivity index (χ2n) is 4.49. The molecular weight excluding hydrogens is 236 g/mol. The molecule has 3 atom stereocenters. The van der Waals surface area contributed by atoms with Crippen LogP contribution in [0.4, 0.5) is 4.79 Å². The normalized spacial score (nSPS) is 25.6. The van der Waals surface area contributed by atoms with E-state index in [1.54, 1.807) is 0 Å². The minimum absolute atomic E-state index is 0.00288. The summed E-state index contributed by atoms with van der Waals surface area (Å²) in [6.07, 6.45) is 4.09. The Morgan fingerprint density at radius 2 is 2.24 bits per heavy atom. The molecule has 0 saturated heterocycles. The van der Waals surface area contributed by atoms with Crippen LogP contribution in [0, 0.1) is 0 Å². The van der Waals surface area contributed by atoms with E-state index in [2.05, 4.69) is 17.6 Å². The lowest BCUT2D eigenvalue weighted by atomic mass is 10.2. The van der Waals surface area contributed by atoms with Crippen molar-refractivity contribution in [3.63, 3.8) is 0 Å². The van der Waals surface area contributed by atoms with E-state index in [1.165, 1.54) is 6.42 Å². The smallest absolute Gasteiger partial charge is 0.315 e. The number of amides is 2. The Balaban J connectivity index is 2.23. The molecule has 3 N–H and O–H groups in total. The topological polar surface area (TPSA) is 61.4 Å². The molecule has 100 valence electrons. The molecule has 0 aromatic heterocycles. The summed E-state index contributed by atoms with van der Waals surface area (Å²) in [4.78, 5) is 11.7. The van der Waals surface area contributed by atoms with E-state index in [-0.39, 0.29) is 18.7 Å². The molecule has 1 aliphatic carbocycles. The fourth-order valence-corrected chi connectivity index (χ4v) is 3.29. The Morgan fingerprint density at radius 1 is 1.47 bits per heavy atom. The number of urea groups is 1. The molecule has 0 heterocycles. The van der Waals surface area contributed by atoms with Crippen molar-refractivity contribution in [2.75, 3.05) is 12.4 Å². The van der Waals surface area contributed by atoms with Crippen LogP contribution in [0.15, 0.2) is 0 Å². The zero-order valence-corrected chi connectivity index (χ0v) is 11.6. The van der Waals surface area contributed by atoms with E-state index in [0.29, 0.717) is 11.3 Å². The predicted octanol–water partition coefficient (Wildman–Crippen LogP) is 1.73. The summed E-state index contributed by atoms with van der Waals surface area (Å²) in [6, 6.07) is 0.0329. The van der Waals surface area contributed by atoms with Crippen LogP contribution < -0.4 is 10.6 Å². The SMILES string of the molecule is CCSC1CCC(NC(=O)NC(CC)CO)C1. The maximum absolute atomic E-state index is 11.7. The largest absolute Gasteiger partial charge is 0.394 e. The number of aliphatic hydroxyl groups excluding tert-OH is 1. The molecule has 4 nitrogen and oxygen atoms in total. The second-order valence-corrected chi connectivity index (χ2v) is 6.07. The van der Waals surface area contributed by atoms with Crippen molar-refractivity contribution in [1.82, 2.24) is 10.6 Å². The summed E-state index contributed by atoms with van der Waals surface area (Å²) >= 11 is 1.98. The molecule has 0 radical (unpaired) electrons. The molecule has 17 heavy (non-hydrogen) atoms. The quantitative estimate of drug-likeness (QED) is 0.681. The standard InChI is InChI=1S/C12H24N2O2S/c1-3-9(8-15)13-12(16)14-10-5-6-11(7-10)17-4-2/h9-11,15H,3-8H2,1-2H3,(H2,13,14,16). The summed E-state index contributed by atoms with van der Waals surface area (Å²) in [5, 5.41) is 15.5. The molecule has 1 fully saturated rings. The van der Waals surface area contributed by atoms with E-state index in [4.69, 9.17) is 5.11 Å². The third-order valence-corrected chi connectivity index (χ3v) is 4.40. The fourth-order valence-electron chi connectivity index (χ4n) is 2.15. The number of thioether (sulfide) groups is 1. The number of carbonyl (C=O) groups is 1. The Morgan fingerprint density at radius 3 is 2.82 bits per heavy atom. The van der Waals surface area contributed by atoms with Gasteiger partial charge in [-0.2, -0.15) is 11.8 Å². The molecule has 5 heteroatoms. The summed E-state index contributed by atoms with van der Waals surface area (Å²) in [5.41, 5.74) is 0. The first-order valence-corrected chi connectivity index (χ1v) is 7.53. The molecular formula is C12H24N2O2S. The molecule has 1 saturated carbocycles. The number of carbonyl (C=O) groups excluding carboxylic acids is 1. The highest BCUT2D eigenvalue weighted by Crippen LogP contribution is 2.29. The first kappa shape index (κ1) is 14.6. The highest BCUT2D eigenvalue weighted by molar-refractivity contribution is 7.99. The number of hydrogen-bond donors (Lipinski definition) is 3. The van der Waals surface area contributed by atoms with Crippen LogP contribution in [0.3, 0.4) is 0 Å². The monoisotopic (exact) mass is 260 g/mol. The Bertz CT molecular complexity index is 235. The van der Waals surface area contributed by atoms with Gasteiger partial charge in [0, 0.05) is 11.3 Å². The van der Waals surface area contributed by atoms with E-state index >= 15 is 0 Å². The molecule has 1 aliphatic rings. The van der Waals surface area contributed by atoms with Crippen LogP contribution in [0.5, 0.6) is 0 Å². The molecule has 3 unspecified atom stereocenters. The molecule has 2 amide bonds. The second kappa shape index (κ2) is 7.82. The van der Waals surface area contributed by atoms with Gasteiger partial charge in [0.1, 0.15) is 0 Å². The highest BCUT2D eigenvalue weighted by atomic mass is 32.2. The molecule has 0 bridgehead atoms. The number of rotatable bonds is 6. The third-order valence-electron chi connectivity index (χ3n) is 3.17. The lowest BCUT2D eigenvalue weighted by molar-refractivity contribution is 0.212. The van der Waals surface area contributed by atoms with Crippen molar-refractivity contribution >= 4 is 17.8 Å². The van der Waals surface area contributed by atoms with Crippen LogP contribution in [0.1, 0.15) is 39.5 Å². The summed E-state index contributed by atoms with van der Waals surface area (Å²) in [6.45, 7) is 4.12. The van der Waals surface area contributed by atoms with Crippen LogP contribution in [0.2, 0.25) is 0 Å². The van der Waals surface area contributed by atoms with Gasteiger partial charge >= 0.3 is 6.03 Å². The molecule has 0 spiro atoms. The van der Waals surface area contributed by atoms with Gasteiger partial charge in [-0.3, -0.25) is 0 Å². The summed E-state index contributed by atoms with van der Waals surface area (Å²) < 4.78 is 0. The van der Waals surface area contributed by atoms with Crippen molar-refractivity contribution in [3.05, 3.63) is 0 Å². The number of aliphatic hydroxyl groups is 1. The lowest BCUT2D eigenvalue weighted by Gasteiger charge is -2.18. The van der Waals surface area contributed by atoms with E-state index < -0.39 is 0 Å². The highest BCUT2D eigenvalue weighted by Gasteiger charge is 2.25. The van der Waals surface area contributed by atoms with Crippen molar-refractivity contribution in [3.8, 4) is 0 Å². The molecule has 0 aromatic rings. The van der Waals surface area contributed by atoms with Crippen LogP contribution in [0.25, 0.3) is 0 Å². The first-order valence-electron chi connectivity index (χ1n) is 6.49. The van der Waals surface area contributed by atoms with Crippen LogP contribution in [-0.2, 0) is 0 Å². The molecule has 0 aromatic carbocycles. The summed E-state index contributed by atoms with van der Waals surface area (Å²) in [7, 11) is 0. The van der Waals surface area contributed by atoms with Gasteiger partial charge in [-0.25, -0.2) is 4.79 Å². The summed E-state index contributed by atoms with van der Waals surface area (Å²) in [5.74, 6) is 1.14. The molecule has 1 rings (SSSR count). The zero-order chi connectivity index (χ0) is 12.7. The fraction of sp³-hybridized carbons (Fsp3) is 0.917. The van der Waals surface area contributed by atoms with Crippen molar-refractivity contribution < 1.29 is 9.90 Å². The van der Waals surface area contributed by atoms with Gasteiger partial charge in [-0.05, 0) is 31.4 Å². The lowest BCUT2D eigenvalue weighted by Crippen LogP contribution is -2.46. The molecule has 0 aliphatic heterocycles.